The minimum absolute atomic E-state index is 0.445. The topological polar surface area (TPSA) is 26.0 Å². The highest BCUT2D eigenvalue weighted by Crippen LogP contribution is 2.24. The Balaban J connectivity index is 3.47. The van der Waals surface area contributed by atoms with Crippen molar-refractivity contribution in [3.8, 4) is 22.9 Å². The highest BCUT2D eigenvalue weighted by atomic mass is 28.3. The summed E-state index contributed by atoms with van der Waals surface area (Å²) >= 11 is 0. The first-order valence-electron chi connectivity index (χ1n) is 7.89. The van der Waals surface area contributed by atoms with Crippen LogP contribution in [-0.2, 0) is 0 Å². The number of rotatable bonds is 1. The first-order chi connectivity index (χ1) is 9.89. The minimum atomic E-state index is -1.42. The number of nitrogen functional groups attached to an aromatic ring is 1. The van der Waals surface area contributed by atoms with Gasteiger partial charge in [0.25, 0.3) is 0 Å². The van der Waals surface area contributed by atoms with Crippen LogP contribution in [0, 0.1) is 22.9 Å². The fraction of sp³-hybridized carbons (Fsp3) is 0.474. The third-order valence-electron chi connectivity index (χ3n) is 3.01. The standard InChI is InChI=1S/C19H29NSi2/c1-15(2)18-13-16(9-11-21(3,4)5)19(20)17(14-18)10-12-22(6,7)8/h13-15H,20H2,1-8H3. The van der Waals surface area contributed by atoms with Gasteiger partial charge >= 0.3 is 0 Å². The second kappa shape index (κ2) is 6.77. The number of anilines is 1. The Hall–Kier alpha value is -1.43. The van der Waals surface area contributed by atoms with Crippen molar-refractivity contribution < 1.29 is 0 Å². The molecule has 3 heteroatoms. The highest BCUT2D eigenvalue weighted by Gasteiger charge is 2.12. The SMILES string of the molecule is CC(C)c1cc(C#C[Si](C)(C)C)c(N)c(C#C[Si](C)(C)C)c1. The quantitative estimate of drug-likeness (QED) is 0.445. The van der Waals surface area contributed by atoms with Gasteiger partial charge in [-0.1, -0.05) is 65.0 Å². The lowest BCUT2D eigenvalue weighted by atomic mass is 9.96. The molecule has 22 heavy (non-hydrogen) atoms. The highest BCUT2D eigenvalue weighted by molar-refractivity contribution is 6.84. The molecule has 0 saturated heterocycles. The van der Waals surface area contributed by atoms with Crippen LogP contribution in [0.25, 0.3) is 0 Å². The first-order valence-corrected chi connectivity index (χ1v) is 14.9. The lowest BCUT2D eigenvalue weighted by Crippen LogP contribution is -2.16. The Morgan fingerprint density at radius 3 is 1.45 bits per heavy atom. The Morgan fingerprint density at radius 2 is 1.18 bits per heavy atom. The lowest BCUT2D eigenvalue weighted by Gasteiger charge is -2.12. The number of nitrogens with two attached hydrogens (primary N) is 1. The number of hydrogen-bond acceptors (Lipinski definition) is 1. The second-order valence-corrected chi connectivity index (χ2v) is 17.7. The van der Waals surface area contributed by atoms with Gasteiger partial charge in [0.05, 0.1) is 5.69 Å². The van der Waals surface area contributed by atoms with Crippen molar-refractivity contribution in [2.24, 2.45) is 0 Å². The molecule has 1 aromatic rings. The fourth-order valence-corrected chi connectivity index (χ4v) is 2.74. The molecule has 0 amide bonds. The van der Waals surface area contributed by atoms with Gasteiger partial charge in [0.15, 0.2) is 0 Å². The van der Waals surface area contributed by atoms with Crippen molar-refractivity contribution in [2.45, 2.75) is 59.0 Å². The summed E-state index contributed by atoms with van der Waals surface area (Å²) in [6.45, 7) is 17.8. The van der Waals surface area contributed by atoms with Gasteiger partial charge in [0.1, 0.15) is 16.1 Å². The van der Waals surface area contributed by atoms with Crippen molar-refractivity contribution in [1.29, 1.82) is 0 Å². The Kier molecular flexibility index (Phi) is 5.73. The van der Waals surface area contributed by atoms with E-state index >= 15 is 0 Å². The maximum atomic E-state index is 6.34. The van der Waals surface area contributed by atoms with E-state index in [1.165, 1.54) is 5.56 Å². The van der Waals surface area contributed by atoms with E-state index in [2.05, 4.69) is 88.2 Å². The van der Waals surface area contributed by atoms with Crippen LogP contribution in [0.4, 0.5) is 5.69 Å². The van der Waals surface area contributed by atoms with Gasteiger partial charge in [-0.05, 0) is 23.6 Å². The van der Waals surface area contributed by atoms with Crippen molar-refractivity contribution in [1.82, 2.24) is 0 Å². The average molecular weight is 328 g/mol. The third-order valence-corrected chi connectivity index (χ3v) is 4.76. The van der Waals surface area contributed by atoms with E-state index in [4.69, 9.17) is 5.73 Å². The summed E-state index contributed by atoms with van der Waals surface area (Å²) in [5.74, 6) is 7.08. The first kappa shape index (κ1) is 18.6. The zero-order valence-corrected chi connectivity index (χ0v) is 17.3. The molecule has 0 atom stereocenters. The van der Waals surface area contributed by atoms with E-state index in [1.807, 2.05) is 0 Å². The molecule has 0 aromatic heterocycles. The van der Waals surface area contributed by atoms with Gasteiger partial charge in [-0.3, -0.25) is 0 Å². The van der Waals surface area contributed by atoms with E-state index in [1.54, 1.807) is 0 Å². The number of benzene rings is 1. The van der Waals surface area contributed by atoms with Gasteiger partial charge in [0.2, 0.25) is 0 Å². The smallest absolute Gasteiger partial charge is 0.129 e. The number of hydrogen-bond donors (Lipinski definition) is 1. The van der Waals surface area contributed by atoms with Gasteiger partial charge in [-0.15, -0.1) is 11.1 Å². The molecular weight excluding hydrogens is 298 g/mol. The Bertz CT molecular complexity index is 613. The van der Waals surface area contributed by atoms with E-state index in [-0.39, 0.29) is 0 Å². The van der Waals surface area contributed by atoms with E-state index < -0.39 is 16.1 Å². The van der Waals surface area contributed by atoms with Gasteiger partial charge in [-0.25, -0.2) is 0 Å². The van der Waals surface area contributed by atoms with Crippen LogP contribution >= 0.6 is 0 Å². The maximum absolute atomic E-state index is 6.34. The molecule has 1 rings (SSSR count). The van der Waals surface area contributed by atoms with Crippen LogP contribution in [0.3, 0.4) is 0 Å². The normalized spacial score (nSPS) is 11.5. The fourth-order valence-electron chi connectivity index (χ4n) is 1.73. The summed E-state index contributed by atoms with van der Waals surface area (Å²) in [6, 6.07) is 4.26. The largest absolute Gasteiger partial charge is 0.397 e. The predicted octanol–water partition coefficient (Wildman–Crippen LogP) is 4.85. The predicted molar refractivity (Wildman–Crippen MR) is 105 cm³/mol. The summed E-state index contributed by atoms with van der Waals surface area (Å²) in [4.78, 5) is 0. The van der Waals surface area contributed by atoms with E-state index in [9.17, 15) is 0 Å². The molecule has 0 aliphatic heterocycles. The third kappa shape index (κ3) is 6.14. The molecule has 1 nitrogen and oxygen atoms in total. The molecule has 2 N–H and O–H groups in total. The molecule has 0 heterocycles. The van der Waals surface area contributed by atoms with Gasteiger partial charge in [-0.2, -0.15) is 0 Å². The molecule has 0 aliphatic rings. The molecule has 0 bridgehead atoms. The van der Waals surface area contributed by atoms with Crippen LogP contribution in [-0.4, -0.2) is 16.1 Å². The zero-order chi connectivity index (χ0) is 17.1. The maximum Gasteiger partial charge on any atom is 0.129 e. The monoisotopic (exact) mass is 327 g/mol. The molecule has 0 unspecified atom stereocenters. The zero-order valence-electron chi connectivity index (χ0n) is 15.3. The van der Waals surface area contributed by atoms with Crippen molar-refractivity contribution in [3.63, 3.8) is 0 Å². The molecule has 0 saturated carbocycles. The molecule has 0 spiro atoms. The summed E-state index contributed by atoms with van der Waals surface area (Å²) in [6.07, 6.45) is 0. The molecule has 0 fully saturated rings. The van der Waals surface area contributed by atoms with Crippen LogP contribution in [0.1, 0.15) is 36.5 Å². The Labute approximate surface area is 138 Å². The van der Waals surface area contributed by atoms with Crippen molar-refractivity contribution in [2.75, 3.05) is 5.73 Å². The molecular formula is C19H29NSi2. The van der Waals surface area contributed by atoms with Crippen LogP contribution in [0.2, 0.25) is 39.3 Å². The van der Waals surface area contributed by atoms with Crippen LogP contribution in [0.5, 0.6) is 0 Å². The summed E-state index contributed by atoms with van der Waals surface area (Å²) < 4.78 is 0. The van der Waals surface area contributed by atoms with E-state index in [0.29, 0.717) is 5.92 Å². The molecule has 0 radical (unpaired) electrons. The molecule has 118 valence electrons. The van der Waals surface area contributed by atoms with Crippen molar-refractivity contribution in [3.05, 3.63) is 28.8 Å². The summed E-state index contributed by atoms with van der Waals surface area (Å²) in [7, 11) is -2.84. The van der Waals surface area contributed by atoms with Crippen molar-refractivity contribution >= 4 is 21.8 Å². The Morgan fingerprint density at radius 1 is 0.818 bits per heavy atom. The molecule has 0 aliphatic carbocycles. The lowest BCUT2D eigenvalue weighted by molar-refractivity contribution is 0.866. The second-order valence-electron chi connectivity index (χ2n) is 8.18. The average Bonchev–Trinajstić information content (AvgIpc) is 2.33. The van der Waals surface area contributed by atoms with Gasteiger partial charge in [0, 0.05) is 11.1 Å². The summed E-state index contributed by atoms with van der Waals surface area (Å²) in [5.41, 5.74) is 17.0. The van der Waals surface area contributed by atoms with Crippen LogP contribution in [0.15, 0.2) is 12.1 Å². The minimum Gasteiger partial charge on any atom is -0.397 e. The van der Waals surface area contributed by atoms with E-state index in [0.717, 1.165) is 16.8 Å². The summed E-state index contributed by atoms with van der Waals surface area (Å²) in [5, 5.41) is 0. The molecule has 1 aromatic carbocycles. The van der Waals surface area contributed by atoms with Gasteiger partial charge < -0.3 is 5.73 Å². The van der Waals surface area contributed by atoms with Crippen LogP contribution < -0.4 is 5.73 Å².